The predicted molar refractivity (Wildman–Crippen MR) is 90.1 cm³/mol. The minimum Gasteiger partial charge on any atom is -0.490 e. The van der Waals surface area contributed by atoms with Crippen molar-refractivity contribution in [3.8, 4) is 5.75 Å². The van der Waals surface area contributed by atoms with Gasteiger partial charge < -0.3 is 10.1 Å². The van der Waals surface area contributed by atoms with E-state index < -0.39 is 4.92 Å². The Morgan fingerprint density at radius 1 is 1.35 bits per heavy atom. The zero-order valence-corrected chi connectivity index (χ0v) is 13.7. The van der Waals surface area contributed by atoms with Crippen molar-refractivity contribution in [3.05, 3.63) is 44.5 Å². The molecule has 2 aromatic heterocycles. The fourth-order valence-corrected chi connectivity index (χ4v) is 3.26. The average molecular weight is 351 g/mol. The number of ether oxygens (including phenoxy) is 1. The van der Waals surface area contributed by atoms with Gasteiger partial charge in [0.2, 0.25) is 5.28 Å². The maximum absolute atomic E-state index is 11.1. The molecule has 3 aromatic rings. The standard InChI is InChI=1S/C14H11ClN4O3S/c1-7-5-9-12(17-14(15)18-13(9)23-7)16-8-3-4-11(22-2)10(6-8)19(20)21/h3-6H,1-2H3,(H,16,17,18). The highest BCUT2D eigenvalue weighted by atomic mass is 35.5. The molecule has 118 valence electrons. The fourth-order valence-electron chi connectivity index (χ4n) is 2.16. The second-order valence-corrected chi connectivity index (χ2v) is 6.26. The molecule has 3 rings (SSSR count). The van der Waals surface area contributed by atoms with E-state index in [1.54, 1.807) is 6.07 Å². The zero-order chi connectivity index (χ0) is 16.6. The highest BCUT2D eigenvalue weighted by molar-refractivity contribution is 7.18. The molecular formula is C14H11ClN4O3S. The summed E-state index contributed by atoms with van der Waals surface area (Å²) in [6.07, 6.45) is 0. The van der Waals surface area contributed by atoms with Gasteiger partial charge in [0.15, 0.2) is 5.75 Å². The first-order valence-electron chi connectivity index (χ1n) is 6.51. The molecule has 7 nitrogen and oxygen atoms in total. The number of nitro groups is 1. The van der Waals surface area contributed by atoms with Gasteiger partial charge >= 0.3 is 5.69 Å². The third-order valence-electron chi connectivity index (χ3n) is 3.13. The molecule has 9 heteroatoms. The molecule has 0 amide bonds. The van der Waals surface area contributed by atoms with E-state index in [9.17, 15) is 10.1 Å². The molecule has 0 radical (unpaired) electrons. The first kappa shape index (κ1) is 15.4. The molecule has 1 aromatic carbocycles. The smallest absolute Gasteiger partial charge is 0.312 e. The topological polar surface area (TPSA) is 90.2 Å². The number of anilines is 2. The summed E-state index contributed by atoms with van der Waals surface area (Å²) in [4.78, 5) is 20.8. The molecule has 0 aliphatic carbocycles. The highest BCUT2D eigenvalue weighted by Gasteiger charge is 2.16. The quantitative estimate of drug-likeness (QED) is 0.428. The zero-order valence-electron chi connectivity index (χ0n) is 12.2. The monoisotopic (exact) mass is 350 g/mol. The van der Waals surface area contributed by atoms with Gasteiger partial charge in [-0.2, -0.15) is 4.98 Å². The number of hydrogen-bond acceptors (Lipinski definition) is 7. The Balaban J connectivity index is 2.05. The van der Waals surface area contributed by atoms with Crippen molar-refractivity contribution in [2.45, 2.75) is 6.92 Å². The summed E-state index contributed by atoms with van der Waals surface area (Å²) in [6, 6.07) is 6.53. The van der Waals surface area contributed by atoms with Crippen molar-refractivity contribution in [3.63, 3.8) is 0 Å². The largest absolute Gasteiger partial charge is 0.490 e. The van der Waals surface area contributed by atoms with Crippen LogP contribution in [0.25, 0.3) is 10.2 Å². The number of fused-ring (bicyclic) bond motifs is 1. The third kappa shape index (κ3) is 3.03. The molecule has 0 saturated carbocycles. The number of hydrogen-bond donors (Lipinski definition) is 1. The van der Waals surface area contributed by atoms with Crippen LogP contribution >= 0.6 is 22.9 Å². The van der Waals surface area contributed by atoms with Gasteiger partial charge in [-0.1, -0.05) is 0 Å². The first-order valence-corrected chi connectivity index (χ1v) is 7.70. The van der Waals surface area contributed by atoms with E-state index >= 15 is 0 Å². The van der Waals surface area contributed by atoms with Gasteiger partial charge in [-0.05, 0) is 36.7 Å². The Hall–Kier alpha value is -2.45. The minimum atomic E-state index is -0.499. The normalized spacial score (nSPS) is 10.7. The van der Waals surface area contributed by atoms with E-state index in [1.165, 1.54) is 30.6 Å². The molecule has 23 heavy (non-hydrogen) atoms. The van der Waals surface area contributed by atoms with E-state index in [0.717, 1.165) is 15.1 Å². The summed E-state index contributed by atoms with van der Waals surface area (Å²) in [5, 5.41) is 15.1. The fraction of sp³-hybridized carbons (Fsp3) is 0.143. The number of aromatic nitrogens is 2. The van der Waals surface area contributed by atoms with Crippen molar-refractivity contribution in [2.24, 2.45) is 0 Å². The Bertz CT molecular complexity index is 912. The lowest BCUT2D eigenvalue weighted by Gasteiger charge is -2.08. The molecule has 0 unspecified atom stereocenters. The highest BCUT2D eigenvalue weighted by Crippen LogP contribution is 2.34. The van der Waals surface area contributed by atoms with E-state index in [-0.39, 0.29) is 16.7 Å². The molecule has 0 fully saturated rings. The summed E-state index contributed by atoms with van der Waals surface area (Å²) in [5.74, 6) is 0.696. The van der Waals surface area contributed by atoms with Gasteiger partial charge in [-0.25, -0.2) is 4.98 Å². The van der Waals surface area contributed by atoms with Crippen LogP contribution in [-0.2, 0) is 0 Å². The molecule has 0 bridgehead atoms. The van der Waals surface area contributed by atoms with Crippen LogP contribution in [0.5, 0.6) is 5.75 Å². The molecule has 0 saturated heterocycles. The van der Waals surface area contributed by atoms with Crippen LogP contribution in [-0.4, -0.2) is 22.0 Å². The second kappa shape index (κ2) is 5.98. The van der Waals surface area contributed by atoms with E-state index in [4.69, 9.17) is 16.3 Å². The summed E-state index contributed by atoms with van der Waals surface area (Å²) in [6.45, 7) is 1.96. The molecule has 2 heterocycles. The van der Waals surface area contributed by atoms with Crippen molar-refractivity contribution >= 4 is 50.3 Å². The van der Waals surface area contributed by atoms with E-state index in [0.29, 0.717) is 11.5 Å². The maximum Gasteiger partial charge on any atom is 0.312 e. The number of benzene rings is 1. The van der Waals surface area contributed by atoms with Gasteiger partial charge in [0.25, 0.3) is 0 Å². The molecular weight excluding hydrogens is 340 g/mol. The minimum absolute atomic E-state index is 0.116. The van der Waals surface area contributed by atoms with Crippen LogP contribution in [0.1, 0.15) is 4.88 Å². The Kier molecular flexibility index (Phi) is 4.01. The van der Waals surface area contributed by atoms with Crippen molar-refractivity contribution in [2.75, 3.05) is 12.4 Å². The van der Waals surface area contributed by atoms with Crippen LogP contribution in [0.4, 0.5) is 17.2 Å². The second-order valence-electron chi connectivity index (χ2n) is 4.69. The lowest BCUT2D eigenvalue weighted by molar-refractivity contribution is -0.385. The number of aryl methyl sites for hydroxylation is 1. The van der Waals surface area contributed by atoms with Crippen molar-refractivity contribution in [1.29, 1.82) is 0 Å². The van der Waals surface area contributed by atoms with Crippen LogP contribution in [0.2, 0.25) is 5.28 Å². The SMILES string of the molecule is COc1ccc(Nc2nc(Cl)nc3sc(C)cc23)cc1[N+](=O)[O-]. The van der Waals surface area contributed by atoms with Crippen LogP contribution in [0.3, 0.4) is 0 Å². The number of methoxy groups -OCH3 is 1. The predicted octanol–water partition coefficient (Wildman–Crippen LogP) is 4.31. The number of thiophene rings is 1. The molecule has 0 spiro atoms. The van der Waals surface area contributed by atoms with E-state index in [2.05, 4.69) is 15.3 Å². The number of nitrogens with zero attached hydrogens (tertiary/aromatic N) is 3. The Morgan fingerprint density at radius 2 is 2.13 bits per heavy atom. The summed E-state index contributed by atoms with van der Waals surface area (Å²) in [7, 11) is 1.39. The summed E-state index contributed by atoms with van der Waals surface area (Å²) >= 11 is 7.45. The van der Waals surface area contributed by atoms with Gasteiger partial charge in [-0.3, -0.25) is 10.1 Å². The van der Waals surface area contributed by atoms with Gasteiger partial charge in [0.05, 0.1) is 17.4 Å². The Labute approximate surface area is 140 Å². The van der Waals surface area contributed by atoms with Crippen molar-refractivity contribution in [1.82, 2.24) is 9.97 Å². The van der Waals surface area contributed by atoms with Gasteiger partial charge in [-0.15, -0.1) is 11.3 Å². The lowest BCUT2D eigenvalue weighted by Crippen LogP contribution is -1.98. The van der Waals surface area contributed by atoms with Crippen molar-refractivity contribution < 1.29 is 9.66 Å². The lowest BCUT2D eigenvalue weighted by atomic mass is 10.2. The molecule has 0 aliphatic heterocycles. The van der Waals surface area contributed by atoms with Gasteiger partial charge in [0.1, 0.15) is 10.6 Å². The maximum atomic E-state index is 11.1. The number of halogens is 1. The third-order valence-corrected chi connectivity index (χ3v) is 4.24. The molecule has 1 N–H and O–H groups in total. The summed E-state index contributed by atoms with van der Waals surface area (Å²) in [5.41, 5.74) is 0.382. The summed E-state index contributed by atoms with van der Waals surface area (Å²) < 4.78 is 4.99. The van der Waals surface area contributed by atoms with Crippen LogP contribution < -0.4 is 10.1 Å². The number of nitro benzene ring substituents is 1. The number of rotatable bonds is 4. The average Bonchev–Trinajstić information content (AvgIpc) is 2.87. The first-order chi connectivity index (χ1) is 11.0. The van der Waals surface area contributed by atoms with E-state index in [1.807, 2.05) is 13.0 Å². The molecule has 0 atom stereocenters. The van der Waals surface area contributed by atoms with Crippen LogP contribution in [0.15, 0.2) is 24.3 Å². The molecule has 0 aliphatic rings. The number of nitrogens with one attached hydrogen (secondary N) is 1. The Morgan fingerprint density at radius 3 is 2.83 bits per heavy atom. The van der Waals surface area contributed by atoms with Crippen LogP contribution in [0, 0.1) is 17.0 Å². The van der Waals surface area contributed by atoms with Gasteiger partial charge in [0, 0.05) is 16.6 Å².